The average Bonchev–Trinajstić information content (AvgIpc) is 2.39. The number of benzene rings is 2. The minimum atomic E-state index is -0.329. The molecule has 1 unspecified atom stereocenters. The first-order valence-electron chi connectivity index (χ1n) is 5.94. The first-order chi connectivity index (χ1) is 9.13. The molecule has 0 heterocycles. The second-order valence-corrected chi connectivity index (χ2v) is 7.18. The van der Waals surface area contributed by atoms with Gasteiger partial charge in [-0.2, -0.15) is 0 Å². The van der Waals surface area contributed by atoms with E-state index in [0.29, 0.717) is 12.2 Å². The Kier molecular flexibility index (Phi) is 5.95. The predicted octanol–water partition coefficient (Wildman–Crippen LogP) is 4.91. The summed E-state index contributed by atoms with van der Waals surface area (Å²) in [6.07, 6.45) is 0.360. The first kappa shape index (κ1) is 15.1. The lowest BCUT2D eigenvalue weighted by Gasteiger charge is -2.10. The Morgan fingerprint density at radius 1 is 1.00 bits per heavy atom. The molecule has 0 bridgehead atoms. The van der Waals surface area contributed by atoms with E-state index in [1.807, 2.05) is 36.4 Å². The third-order valence-corrected chi connectivity index (χ3v) is 4.78. The van der Waals surface area contributed by atoms with Crippen molar-refractivity contribution in [2.45, 2.75) is 17.4 Å². The molecule has 0 radical (unpaired) electrons. The molecule has 2 aromatic rings. The zero-order valence-corrected chi connectivity index (χ0v) is 14.2. The summed E-state index contributed by atoms with van der Waals surface area (Å²) in [6, 6.07) is 16.2. The summed E-state index contributed by atoms with van der Waals surface area (Å²) in [4.78, 5) is 1.17. The summed E-state index contributed by atoms with van der Waals surface area (Å²) in [7, 11) is 0. The highest BCUT2D eigenvalue weighted by atomic mass is 79.9. The zero-order chi connectivity index (χ0) is 13.7. The van der Waals surface area contributed by atoms with Crippen LogP contribution in [-0.4, -0.2) is 17.0 Å². The maximum atomic E-state index is 10.1. The SMILES string of the molecule is OC(CSc1cccc(Br)c1)Cc1ccc(Br)cc1. The van der Waals surface area contributed by atoms with Gasteiger partial charge in [-0.05, 0) is 42.3 Å². The topological polar surface area (TPSA) is 20.2 Å². The van der Waals surface area contributed by atoms with Gasteiger partial charge in [0.15, 0.2) is 0 Å². The Bertz CT molecular complexity index is 528. The number of thioether (sulfide) groups is 1. The Hall–Kier alpha value is -0.290. The van der Waals surface area contributed by atoms with Crippen molar-refractivity contribution in [3.63, 3.8) is 0 Å². The lowest BCUT2D eigenvalue weighted by atomic mass is 10.1. The lowest BCUT2D eigenvalue weighted by molar-refractivity contribution is 0.200. The van der Waals surface area contributed by atoms with E-state index < -0.39 is 0 Å². The fraction of sp³-hybridized carbons (Fsp3) is 0.200. The van der Waals surface area contributed by atoms with Crippen LogP contribution in [0.4, 0.5) is 0 Å². The van der Waals surface area contributed by atoms with E-state index in [2.05, 4.69) is 44.0 Å². The van der Waals surface area contributed by atoms with Crippen molar-refractivity contribution in [1.29, 1.82) is 0 Å². The van der Waals surface area contributed by atoms with Gasteiger partial charge < -0.3 is 5.11 Å². The highest BCUT2D eigenvalue weighted by molar-refractivity contribution is 9.10. The average molecular weight is 402 g/mol. The summed E-state index contributed by atoms with van der Waals surface area (Å²) in [5.74, 6) is 0.701. The van der Waals surface area contributed by atoms with Crippen molar-refractivity contribution < 1.29 is 5.11 Å². The molecule has 2 rings (SSSR count). The van der Waals surface area contributed by atoms with Gasteiger partial charge in [-0.15, -0.1) is 11.8 Å². The molecule has 1 atom stereocenters. The van der Waals surface area contributed by atoms with E-state index in [1.165, 1.54) is 4.90 Å². The minimum Gasteiger partial charge on any atom is -0.392 e. The van der Waals surface area contributed by atoms with Crippen molar-refractivity contribution in [2.75, 3.05) is 5.75 Å². The molecule has 1 nitrogen and oxygen atoms in total. The molecule has 0 spiro atoms. The van der Waals surface area contributed by atoms with E-state index in [-0.39, 0.29) is 6.10 Å². The van der Waals surface area contributed by atoms with E-state index in [4.69, 9.17) is 0 Å². The number of hydrogen-bond acceptors (Lipinski definition) is 2. The quantitative estimate of drug-likeness (QED) is 0.718. The zero-order valence-electron chi connectivity index (χ0n) is 10.2. The van der Waals surface area contributed by atoms with Gasteiger partial charge in [0.1, 0.15) is 0 Å². The summed E-state index contributed by atoms with van der Waals surface area (Å²) in [5.41, 5.74) is 1.16. The van der Waals surface area contributed by atoms with E-state index >= 15 is 0 Å². The molecule has 1 N–H and O–H groups in total. The number of halogens is 2. The molecule has 0 amide bonds. The van der Waals surface area contributed by atoms with Crippen LogP contribution < -0.4 is 0 Å². The second-order valence-electron chi connectivity index (χ2n) is 4.25. The maximum Gasteiger partial charge on any atom is 0.0674 e. The maximum absolute atomic E-state index is 10.1. The molecule has 0 aliphatic rings. The summed E-state index contributed by atoms with van der Waals surface area (Å²) in [6.45, 7) is 0. The highest BCUT2D eigenvalue weighted by Gasteiger charge is 2.07. The van der Waals surface area contributed by atoms with Crippen LogP contribution in [-0.2, 0) is 6.42 Å². The largest absolute Gasteiger partial charge is 0.392 e. The second kappa shape index (κ2) is 7.48. The molecule has 19 heavy (non-hydrogen) atoms. The number of aliphatic hydroxyl groups excluding tert-OH is 1. The summed E-state index contributed by atoms with van der Waals surface area (Å²) < 4.78 is 2.13. The van der Waals surface area contributed by atoms with Gasteiger partial charge in [0, 0.05) is 19.6 Å². The summed E-state index contributed by atoms with van der Waals surface area (Å²) >= 11 is 8.53. The van der Waals surface area contributed by atoms with Gasteiger partial charge in [-0.25, -0.2) is 0 Å². The summed E-state index contributed by atoms with van der Waals surface area (Å²) in [5, 5.41) is 10.1. The third-order valence-electron chi connectivity index (χ3n) is 2.62. The Morgan fingerprint density at radius 2 is 1.74 bits per heavy atom. The van der Waals surface area contributed by atoms with E-state index in [0.717, 1.165) is 14.5 Å². The van der Waals surface area contributed by atoms with Gasteiger partial charge in [0.05, 0.1) is 6.10 Å². The molecule has 0 saturated heterocycles. The Morgan fingerprint density at radius 3 is 2.42 bits per heavy atom. The molecule has 100 valence electrons. The van der Waals surface area contributed by atoms with Crippen molar-refractivity contribution in [3.05, 3.63) is 63.0 Å². The van der Waals surface area contributed by atoms with Crippen molar-refractivity contribution in [1.82, 2.24) is 0 Å². The van der Waals surface area contributed by atoms with Gasteiger partial charge in [-0.1, -0.05) is 50.1 Å². The molecule has 4 heteroatoms. The Labute approximate surface area is 134 Å². The van der Waals surface area contributed by atoms with Gasteiger partial charge in [0.25, 0.3) is 0 Å². The van der Waals surface area contributed by atoms with Crippen LogP contribution in [0.1, 0.15) is 5.56 Å². The first-order valence-corrected chi connectivity index (χ1v) is 8.51. The number of rotatable bonds is 5. The third kappa shape index (κ3) is 5.30. The van der Waals surface area contributed by atoms with Crippen LogP contribution in [0.25, 0.3) is 0 Å². The molecule has 2 aromatic carbocycles. The van der Waals surface area contributed by atoms with Gasteiger partial charge >= 0.3 is 0 Å². The van der Waals surface area contributed by atoms with Crippen molar-refractivity contribution >= 4 is 43.6 Å². The smallest absolute Gasteiger partial charge is 0.0674 e. The molecule has 0 aliphatic carbocycles. The van der Waals surface area contributed by atoms with Crippen LogP contribution in [0.15, 0.2) is 62.4 Å². The monoisotopic (exact) mass is 400 g/mol. The Balaban J connectivity index is 1.84. The fourth-order valence-electron chi connectivity index (χ4n) is 1.70. The fourth-order valence-corrected chi connectivity index (χ4v) is 3.40. The lowest BCUT2D eigenvalue weighted by Crippen LogP contribution is -2.13. The normalized spacial score (nSPS) is 12.4. The minimum absolute atomic E-state index is 0.329. The molecular formula is C15H14Br2OS. The number of aliphatic hydroxyl groups is 1. The predicted molar refractivity (Wildman–Crippen MR) is 88.7 cm³/mol. The van der Waals surface area contributed by atoms with Crippen molar-refractivity contribution in [2.24, 2.45) is 0 Å². The van der Waals surface area contributed by atoms with Gasteiger partial charge in [0.2, 0.25) is 0 Å². The molecule has 0 aliphatic heterocycles. The van der Waals surface area contributed by atoms with Crippen LogP contribution >= 0.6 is 43.6 Å². The molecular weight excluding hydrogens is 388 g/mol. The van der Waals surface area contributed by atoms with E-state index in [1.54, 1.807) is 11.8 Å². The standard InChI is InChI=1S/C15H14Br2OS/c16-12-6-4-11(5-7-12)8-14(18)10-19-15-3-1-2-13(17)9-15/h1-7,9,14,18H,8,10H2. The van der Waals surface area contributed by atoms with Crippen LogP contribution in [0.5, 0.6) is 0 Å². The van der Waals surface area contributed by atoms with Crippen LogP contribution in [0.2, 0.25) is 0 Å². The van der Waals surface area contributed by atoms with Crippen molar-refractivity contribution in [3.8, 4) is 0 Å². The highest BCUT2D eigenvalue weighted by Crippen LogP contribution is 2.23. The molecule has 0 aromatic heterocycles. The van der Waals surface area contributed by atoms with Crippen LogP contribution in [0.3, 0.4) is 0 Å². The molecule has 0 fully saturated rings. The van der Waals surface area contributed by atoms with Crippen LogP contribution in [0, 0.1) is 0 Å². The number of hydrogen-bond donors (Lipinski definition) is 1. The van der Waals surface area contributed by atoms with Gasteiger partial charge in [-0.3, -0.25) is 0 Å². The van der Waals surface area contributed by atoms with E-state index in [9.17, 15) is 5.11 Å². The molecule has 0 saturated carbocycles.